The van der Waals surface area contributed by atoms with E-state index in [-0.39, 0.29) is 17.3 Å². The van der Waals surface area contributed by atoms with Crippen LogP contribution in [0.3, 0.4) is 0 Å². The van der Waals surface area contributed by atoms with Gasteiger partial charge in [-0.3, -0.25) is 4.79 Å². The molecule has 1 amide bonds. The zero-order valence-electron chi connectivity index (χ0n) is 17.1. The van der Waals surface area contributed by atoms with Crippen molar-refractivity contribution in [3.05, 3.63) is 41.6 Å². The second kappa shape index (κ2) is 9.56. The maximum atomic E-state index is 12.4. The van der Waals surface area contributed by atoms with Crippen molar-refractivity contribution in [1.82, 2.24) is 20.0 Å². The van der Waals surface area contributed by atoms with Gasteiger partial charge in [-0.15, -0.1) is 0 Å². The number of carbonyl (C=O) groups is 2. The molecule has 156 valence electrons. The Balaban J connectivity index is 1.52. The van der Waals surface area contributed by atoms with E-state index in [1.807, 2.05) is 0 Å². The maximum Gasteiger partial charge on any atom is 0.343 e. The normalized spacial score (nSPS) is 17.1. The van der Waals surface area contributed by atoms with Gasteiger partial charge in [0.25, 0.3) is 5.91 Å². The molecule has 0 unspecified atom stereocenters. The summed E-state index contributed by atoms with van der Waals surface area (Å²) in [6.07, 6.45) is 6.16. The molecule has 8 nitrogen and oxygen atoms in total. The van der Waals surface area contributed by atoms with Gasteiger partial charge in [-0.05, 0) is 57.0 Å². The quantitative estimate of drug-likeness (QED) is 0.547. The number of nitrogens with one attached hydrogen (secondary N) is 1. The number of piperidine rings is 1. The molecule has 1 aliphatic rings. The van der Waals surface area contributed by atoms with E-state index in [0.717, 1.165) is 19.5 Å². The van der Waals surface area contributed by atoms with Gasteiger partial charge in [-0.2, -0.15) is 5.10 Å². The first-order valence-corrected chi connectivity index (χ1v) is 10.1. The highest BCUT2D eigenvalue weighted by Crippen LogP contribution is 2.19. The van der Waals surface area contributed by atoms with Crippen molar-refractivity contribution < 1.29 is 14.3 Å². The molecule has 0 bridgehead atoms. The van der Waals surface area contributed by atoms with Gasteiger partial charge in [0, 0.05) is 24.7 Å². The van der Waals surface area contributed by atoms with Crippen LogP contribution in [0.5, 0.6) is 0 Å². The fraction of sp³-hybridized carbons (Fsp3) is 0.476. The van der Waals surface area contributed by atoms with E-state index in [2.05, 4.69) is 27.0 Å². The number of amides is 1. The SMILES string of the molecule is COC(=O)c1cnn(-c2ccc(C(=O)NCCCN3CCCC[C@H]3C)cc2)c1N. The van der Waals surface area contributed by atoms with Crippen LogP contribution in [0.4, 0.5) is 5.82 Å². The van der Waals surface area contributed by atoms with E-state index in [1.54, 1.807) is 24.3 Å². The monoisotopic (exact) mass is 399 g/mol. The van der Waals surface area contributed by atoms with Crippen LogP contribution in [0.2, 0.25) is 0 Å². The molecule has 29 heavy (non-hydrogen) atoms. The predicted molar refractivity (Wildman–Crippen MR) is 111 cm³/mol. The van der Waals surface area contributed by atoms with Crippen LogP contribution in [0.25, 0.3) is 5.69 Å². The molecule has 0 saturated carbocycles. The van der Waals surface area contributed by atoms with Gasteiger partial charge in [0.2, 0.25) is 0 Å². The average Bonchev–Trinajstić information content (AvgIpc) is 3.13. The number of benzene rings is 1. The number of anilines is 1. The van der Waals surface area contributed by atoms with Crippen LogP contribution in [0.1, 0.15) is 53.3 Å². The van der Waals surface area contributed by atoms with Gasteiger partial charge in [-0.1, -0.05) is 6.42 Å². The molecule has 2 heterocycles. The first kappa shape index (κ1) is 20.9. The largest absolute Gasteiger partial charge is 0.465 e. The third-order valence-corrected chi connectivity index (χ3v) is 5.43. The number of carbonyl (C=O) groups excluding carboxylic acids is 2. The molecule has 0 spiro atoms. The highest BCUT2D eigenvalue weighted by molar-refractivity contribution is 5.95. The van der Waals surface area contributed by atoms with Gasteiger partial charge in [0.05, 0.1) is 19.0 Å². The lowest BCUT2D eigenvalue weighted by Crippen LogP contribution is -2.39. The fourth-order valence-electron chi connectivity index (χ4n) is 3.66. The number of ether oxygens (including phenoxy) is 1. The molecule has 1 atom stereocenters. The highest BCUT2D eigenvalue weighted by Gasteiger charge is 2.18. The van der Waals surface area contributed by atoms with Crippen LogP contribution >= 0.6 is 0 Å². The van der Waals surface area contributed by atoms with Gasteiger partial charge in [0.15, 0.2) is 0 Å². The number of likely N-dealkylation sites (tertiary alicyclic amines) is 1. The summed E-state index contributed by atoms with van der Waals surface area (Å²) in [4.78, 5) is 26.5. The van der Waals surface area contributed by atoms with Gasteiger partial charge < -0.3 is 20.7 Å². The Bertz CT molecular complexity index is 847. The molecule has 1 aromatic heterocycles. The molecule has 2 aromatic rings. The Morgan fingerprint density at radius 3 is 2.72 bits per heavy atom. The number of esters is 1. The second-order valence-electron chi connectivity index (χ2n) is 7.38. The van der Waals surface area contributed by atoms with Crippen LogP contribution in [-0.2, 0) is 4.74 Å². The number of nitrogens with two attached hydrogens (primary N) is 1. The minimum Gasteiger partial charge on any atom is -0.465 e. The molecule has 0 radical (unpaired) electrons. The molecule has 8 heteroatoms. The molecule has 3 N–H and O–H groups in total. The Morgan fingerprint density at radius 2 is 2.03 bits per heavy atom. The van der Waals surface area contributed by atoms with E-state index in [1.165, 1.54) is 37.3 Å². The third-order valence-electron chi connectivity index (χ3n) is 5.43. The third kappa shape index (κ3) is 4.95. The molecule has 1 aromatic carbocycles. The standard InChI is InChI=1S/C21H29N5O3/c1-15-6-3-4-12-25(15)13-5-11-23-20(27)16-7-9-17(10-8-16)26-19(22)18(14-24-26)21(28)29-2/h7-10,14-15H,3-6,11-13,22H2,1-2H3,(H,23,27)/t15-/m1/s1. The van der Waals surface area contributed by atoms with Crippen LogP contribution in [-0.4, -0.2) is 59.3 Å². The Labute approximate surface area is 171 Å². The molecule has 1 aliphatic heterocycles. The van der Waals surface area contributed by atoms with Crippen molar-refractivity contribution in [2.75, 3.05) is 32.5 Å². The van der Waals surface area contributed by atoms with Crippen molar-refractivity contribution >= 4 is 17.7 Å². The van der Waals surface area contributed by atoms with Crippen molar-refractivity contribution in [3.63, 3.8) is 0 Å². The summed E-state index contributed by atoms with van der Waals surface area (Å²) in [5, 5.41) is 7.10. The first-order chi connectivity index (χ1) is 14.0. The zero-order chi connectivity index (χ0) is 20.8. The minimum atomic E-state index is -0.538. The van der Waals surface area contributed by atoms with E-state index in [0.29, 0.717) is 23.8 Å². The number of nitrogens with zero attached hydrogens (tertiary/aromatic N) is 3. The maximum absolute atomic E-state index is 12.4. The smallest absolute Gasteiger partial charge is 0.343 e. The fourth-order valence-corrected chi connectivity index (χ4v) is 3.66. The van der Waals surface area contributed by atoms with Crippen LogP contribution in [0.15, 0.2) is 30.5 Å². The number of aromatic nitrogens is 2. The molecule has 1 saturated heterocycles. The van der Waals surface area contributed by atoms with E-state index in [4.69, 9.17) is 5.73 Å². The zero-order valence-corrected chi connectivity index (χ0v) is 17.1. The van der Waals surface area contributed by atoms with Crippen LogP contribution < -0.4 is 11.1 Å². The summed E-state index contributed by atoms with van der Waals surface area (Å²) < 4.78 is 6.12. The summed E-state index contributed by atoms with van der Waals surface area (Å²) in [7, 11) is 1.29. The van der Waals surface area contributed by atoms with Gasteiger partial charge in [-0.25, -0.2) is 9.48 Å². The molecule has 1 fully saturated rings. The predicted octanol–water partition coefficient (Wildman–Crippen LogP) is 2.24. The highest BCUT2D eigenvalue weighted by atomic mass is 16.5. The van der Waals surface area contributed by atoms with Crippen molar-refractivity contribution in [2.24, 2.45) is 0 Å². The lowest BCUT2D eigenvalue weighted by molar-refractivity contribution is 0.0601. The first-order valence-electron chi connectivity index (χ1n) is 10.1. The average molecular weight is 399 g/mol. The lowest BCUT2D eigenvalue weighted by atomic mass is 10.0. The van der Waals surface area contributed by atoms with E-state index < -0.39 is 5.97 Å². The summed E-state index contributed by atoms with van der Waals surface area (Å²) >= 11 is 0. The molecular weight excluding hydrogens is 370 g/mol. The topological polar surface area (TPSA) is 102 Å². The van der Waals surface area contributed by atoms with E-state index >= 15 is 0 Å². The summed E-state index contributed by atoms with van der Waals surface area (Å²) in [5.41, 5.74) is 7.41. The number of hydrogen-bond acceptors (Lipinski definition) is 6. The Hall–Kier alpha value is -2.87. The molecule has 3 rings (SSSR count). The van der Waals surface area contributed by atoms with Crippen molar-refractivity contribution in [2.45, 2.75) is 38.6 Å². The number of nitrogen functional groups attached to an aromatic ring is 1. The van der Waals surface area contributed by atoms with Crippen molar-refractivity contribution in [3.8, 4) is 5.69 Å². The number of hydrogen-bond donors (Lipinski definition) is 2. The Morgan fingerprint density at radius 1 is 1.28 bits per heavy atom. The summed E-state index contributed by atoms with van der Waals surface area (Å²) in [6, 6.07) is 7.57. The van der Waals surface area contributed by atoms with E-state index in [9.17, 15) is 9.59 Å². The van der Waals surface area contributed by atoms with Crippen molar-refractivity contribution in [1.29, 1.82) is 0 Å². The lowest BCUT2D eigenvalue weighted by Gasteiger charge is -2.33. The summed E-state index contributed by atoms with van der Waals surface area (Å²) in [5.74, 6) is -0.448. The van der Waals surface area contributed by atoms with Gasteiger partial charge in [0.1, 0.15) is 11.4 Å². The number of rotatable bonds is 7. The minimum absolute atomic E-state index is 0.105. The molecule has 0 aliphatic carbocycles. The molecular formula is C21H29N5O3. The van der Waals surface area contributed by atoms with Crippen LogP contribution in [0, 0.1) is 0 Å². The number of methoxy groups -OCH3 is 1. The Kier molecular flexibility index (Phi) is 6.87. The van der Waals surface area contributed by atoms with Gasteiger partial charge >= 0.3 is 5.97 Å². The second-order valence-corrected chi connectivity index (χ2v) is 7.38. The summed E-state index contributed by atoms with van der Waals surface area (Å²) in [6.45, 7) is 5.10.